The van der Waals surface area contributed by atoms with Crippen LogP contribution in [0.15, 0.2) is 54.5 Å². The normalized spacial score (nSPS) is 14.3. The molecule has 0 saturated heterocycles. The number of carbonyl (C=O) groups excluding carboxylic acids is 1. The van der Waals surface area contributed by atoms with E-state index in [1.54, 1.807) is 0 Å². The van der Waals surface area contributed by atoms with E-state index in [9.17, 15) is 4.79 Å². The quantitative estimate of drug-likeness (QED) is 0.785. The maximum absolute atomic E-state index is 12.2. The van der Waals surface area contributed by atoms with Gasteiger partial charge in [0.15, 0.2) is 0 Å². The van der Waals surface area contributed by atoms with Gasteiger partial charge in [-0.1, -0.05) is 54.5 Å². The second-order valence-electron chi connectivity index (χ2n) is 3.92. The largest absolute Gasteiger partial charge is 0.299 e. The average Bonchev–Trinajstić information content (AvgIpc) is 2.50. The lowest BCUT2D eigenvalue weighted by atomic mass is 10.00. The zero-order valence-electron chi connectivity index (χ0n) is 14.6. The van der Waals surface area contributed by atoms with Crippen molar-refractivity contribution in [3.05, 3.63) is 71.2 Å². The molecule has 86 valence electrons. The molecule has 0 radical (unpaired) electrons. The molecule has 0 amide bonds. The summed E-state index contributed by atoms with van der Waals surface area (Å²) in [6.45, 7) is 1.91. The number of ketones is 1. The Balaban J connectivity index is 2.28. The van der Waals surface area contributed by atoms with Crippen LogP contribution in [0.3, 0.4) is 0 Å². The fourth-order valence-electron chi connectivity index (χ4n) is 1.64. The van der Waals surface area contributed by atoms with E-state index in [4.69, 9.17) is 6.85 Å². The molecule has 0 atom stereocenters. The van der Waals surface area contributed by atoms with E-state index < -0.39 is 18.1 Å². The van der Waals surface area contributed by atoms with Crippen molar-refractivity contribution in [2.75, 3.05) is 0 Å². The lowest BCUT2D eigenvalue weighted by molar-refractivity contribution is -0.117. The minimum atomic E-state index is -0.440. The first-order chi connectivity index (χ1) is 10.3. The Kier molecular flexibility index (Phi) is 2.16. The van der Waals surface area contributed by atoms with Crippen molar-refractivity contribution >= 4 is 5.78 Å². The molecule has 2 aromatic carbocycles. The minimum Gasteiger partial charge on any atom is -0.299 e. The lowest BCUT2D eigenvalue weighted by Gasteiger charge is -2.04. The molecule has 0 heterocycles. The predicted molar refractivity (Wildman–Crippen MR) is 70.0 cm³/mol. The van der Waals surface area contributed by atoms with Gasteiger partial charge in [-0.05, 0) is 23.6 Å². The third kappa shape index (κ3) is 3.28. The van der Waals surface area contributed by atoms with Crippen molar-refractivity contribution in [2.24, 2.45) is 0 Å². The van der Waals surface area contributed by atoms with Crippen molar-refractivity contribution in [1.82, 2.24) is 0 Å². The summed E-state index contributed by atoms with van der Waals surface area (Å²) in [6.07, 6.45) is 0.0267. The number of hydrogen-bond donors (Lipinski definition) is 0. The Morgan fingerprint density at radius 1 is 1.12 bits per heavy atom. The van der Waals surface area contributed by atoms with Gasteiger partial charge < -0.3 is 0 Å². The van der Waals surface area contributed by atoms with Gasteiger partial charge in [0.1, 0.15) is 5.78 Å². The van der Waals surface area contributed by atoms with Crippen molar-refractivity contribution in [3.63, 3.8) is 0 Å². The third-order valence-corrected chi connectivity index (χ3v) is 2.57. The molecule has 0 spiro atoms. The van der Waals surface area contributed by atoms with E-state index in [1.165, 1.54) is 0 Å². The highest BCUT2D eigenvalue weighted by Crippen LogP contribution is 2.10. The maximum atomic E-state index is 12.2. The topological polar surface area (TPSA) is 17.1 Å². The molecule has 0 unspecified atom stereocenters. The van der Waals surface area contributed by atoms with Crippen LogP contribution in [0.1, 0.15) is 23.5 Å². The zero-order valence-corrected chi connectivity index (χ0v) is 9.63. The molecule has 1 nitrogen and oxygen atoms in total. The van der Waals surface area contributed by atoms with Crippen LogP contribution in [-0.2, 0) is 17.6 Å². The second-order valence-corrected chi connectivity index (χ2v) is 3.92. The van der Waals surface area contributed by atoms with Gasteiger partial charge in [-0.3, -0.25) is 4.79 Å². The van der Waals surface area contributed by atoms with Gasteiger partial charge in [-0.2, -0.15) is 0 Å². The lowest BCUT2D eigenvalue weighted by Crippen LogP contribution is -2.07. The van der Waals surface area contributed by atoms with Gasteiger partial charge in [0.05, 0.1) is 6.85 Å². The van der Waals surface area contributed by atoms with E-state index >= 15 is 0 Å². The first-order valence-corrected chi connectivity index (χ1v) is 5.45. The van der Waals surface area contributed by atoms with E-state index in [2.05, 4.69) is 0 Å². The summed E-state index contributed by atoms with van der Waals surface area (Å²) >= 11 is 0. The van der Waals surface area contributed by atoms with Crippen LogP contribution < -0.4 is 0 Å². The highest BCUT2D eigenvalue weighted by atomic mass is 16.1. The number of hydrogen-bond acceptors (Lipinski definition) is 1. The van der Waals surface area contributed by atoms with Gasteiger partial charge in [0, 0.05) is 12.8 Å². The first kappa shape index (κ1) is 6.75. The summed E-state index contributed by atoms with van der Waals surface area (Å²) in [5.74, 6) is -0.173. The van der Waals surface area contributed by atoms with Gasteiger partial charge in [0.25, 0.3) is 0 Å². The number of aryl methyl sites for hydroxylation is 1. The number of carbonyl (C=O) groups is 1. The van der Waals surface area contributed by atoms with Gasteiger partial charge in [-0.25, -0.2) is 0 Å². The van der Waals surface area contributed by atoms with Gasteiger partial charge >= 0.3 is 0 Å². The molecular weight excluding hydrogens is 208 g/mol. The predicted octanol–water partition coefficient (Wildman–Crippen LogP) is 3.35. The molecule has 2 aromatic rings. The molecule has 0 aromatic heterocycles. The summed E-state index contributed by atoms with van der Waals surface area (Å²) in [7, 11) is 0. The van der Waals surface area contributed by atoms with Gasteiger partial charge in [-0.15, -0.1) is 0 Å². The second kappa shape index (κ2) is 5.44. The molecule has 1 heteroatoms. The van der Waals surface area contributed by atoms with Crippen LogP contribution in [0.5, 0.6) is 0 Å². The summed E-state index contributed by atoms with van der Waals surface area (Å²) in [5, 5.41) is 0. The minimum absolute atomic E-state index is 0.0598. The van der Waals surface area contributed by atoms with E-state index in [1.807, 2.05) is 31.2 Å². The molecule has 0 N–H and O–H groups in total. The molecule has 17 heavy (non-hydrogen) atoms. The van der Waals surface area contributed by atoms with Crippen molar-refractivity contribution in [2.45, 2.75) is 19.8 Å². The molecule has 0 aliphatic rings. The van der Waals surface area contributed by atoms with E-state index in [-0.39, 0.29) is 36.3 Å². The zero-order chi connectivity index (χ0) is 16.4. The number of benzene rings is 2. The molecule has 0 aliphatic heterocycles. The van der Waals surface area contributed by atoms with E-state index in [0.29, 0.717) is 0 Å². The Bertz CT molecular complexity index is 711. The average molecular weight is 229 g/mol. The Morgan fingerprint density at radius 3 is 2.53 bits per heavy atom. The Morgan fingerprint density at radius 2 is 1.82 bits per heavy atom. The summed E-state index contributed by atoms with van der Waals surface area (Å²) in [5.41, 5.74) is 1.95. The first-order valence-electron chi connectivity index (χ1n) is 7.95. The summed E-state index contributed by atoms with van der Waals surface area (Å²) in [6, 6.07) is 5.65. The molecular formula is C16H16O. The molecule has 0 fully saturated rings. The van der Waals surface area contributed by atoms with Gasteiger partial charge in [0.2, 0.25) is 0 Å². The Hall–Kier alpha value is -1.89. The van der Waals surface area contributed by atoms with Crippen LogP contribution >= 0.6 is 0 Å². The smallest absolute Gasteiger partial charge is 0.141 e. The molecule has 0 bridgehead atoms. The Labute approximate surface area is 109 Å². The summed E-state index contributed by atoms with van der Waals surface area (Å²) < 4.78 is 38.4. The molecule has 2 rings (SSSR count). The highest BCUT2D eigenvalue weighted by Gasteiger charge is 2.06. The van der Waals surface area contributed by atoms with Crippen molar-refractivity contribution in [3.8, 4) is 0 Å². The molecule has 0 aliphatic carbocycles. The number of Topliss-reactive ketones (excluding diaryl/α,β-unsaturated/α-hetero) is 1. The fourth-order valence-corrected chi connectivity index (χ4v) is 1.64. The third-order valence-electron chi connectivity index (χ3n) is 2.57. The van der Waals surface area contributed by atoms with Crippen molar-refractivity contribution < 1.29 is 11.6 Å². The maximum Gasteiger partial charge on any atom is 0.141 e. The SMILES string of the molecule is [2H]c1c([2H])c([2H])c(CC(=O)Cc2ccccc2C)c([2H])c1[2H]. The summed E-state index contributed by atoms with van der Waals surface area (Å²) in [4.78, 5) is 12.2. The van der Waals surface area contributed by atoms with Crippen LogP contribution in [-0.4, -0.2) is 5.78 Å². The number of rotatable bonds is 4. The fraction of sp³-hybridized carbons (Fsp3) is 0.188. The van der Waals surface area contributed by atoms with Crippen LogP contribution in [0.4, 0.5) is 0 Å². The molecule has 0 saturated carbocycles. The highest BCUT2D eigenvalue weighted by molar-refractivity contribution is 5.83. The monoisotopic (exact) mass is 229 g/mol. The van der Waals surface area contributed by atoms with E-state index in [0.717, 1.165) is 11.1 Å². The van der Waals surface area contributed by atoms with Crippen molar-refractivity contribution in [1.29, 1.82) is 0 Å². The standard InChI is InChI=1S/C16H16O/c1-13-7-5-6-10-15(13)12-16(17)11-14-8-3-2-4-9-14/h2-10H,11-12H2,1H3/i2D,3D,4D,8D,9D. The van der Waals surface area contributed by atoms with Crippen LogP contribution in [0.25, 0.3) is 0 Å². The van der Waals surface area contributed by atoms with Crippen LogP contribution in [0, 0.1) is 6.92 Å². The van der Waals surface area contributed by atoms with Crippen LogP contribution in [0.2, 0.25) is 0 Å².